The Morgan fingerprint density at radius 1 is 1.64 bits per heavy atom. The Hall–Kier alpha value is -0.300. The Morgan fingerprint density at radius 2 is 2.36 bits per heavy atom. The summed E-state index contributed by atoms with van der Waals surface area (Å²) in [5.74, 6) is 0.753. The first-order chi connectivity index (χ1) is 5.24. The number of hydrogen-bond acceptors (Lipinski definition) is 1. The van der Waals surface area contributed by atoms with Crippen molar-refractivity contribution >= 4 is 0 Å². The molecule has 0 spiro atoms. The molecule has 2 atom stereocenters. The maximum Gasteiger partial charge on any atom is 0.0574 e. The number of allylic oxidation sites excluding steroid dienone is 2. The maximum absolute atomic E-state index is 5.30. The minimum Gasteiger partial charge on any atom is -0.381 e. The third-order valence-electron chi connectivity index (χ3n) is 2.71. The van der Waals surface area contributed by atoms with Gasteiger partial charge in [-0.3, -0.25) is 0 Å². The zero-order valence-corrected chi connectivity index (χ0v) is 7.76. The molecular formula is C10H18O. The van der Waals surface area contributed by atoms with Crippen LogP contribution in [0.3, 0.4) is 0 Å². The first-order valence-corrected chi connectivity index (χ1v) is 4.42. The molecule has 1 heteroatoms. The lowest BCUT2D eigenvalue weighted by Crippen LogP contribution is -2.20. The van der Waals surface area contributed by atoms with Gasteiger partial charge in [0.25, 0.3) is 0 Å². The van der Waals surface area contributed by atoms with Crippen LogP contribution in [-0.2, 0) is 4.74 Å². The topological polar surface area (TPSA) is 9.23 Å². The van der Waals surface area contributed by atoms with Crippen LogP contribution in [0.2, 0.25) is 0 Å². The van der Waals surface area contributed by atoms with Crippen molar-refractivity contribution in [3.05, 3.63) is 11.6 Å². The molecular weight excluding hydrogens is 136 g/mol. The molecule has 0 bridgehead atoms. The second-order valence-corrected chi connectivity index (χ2v) is 3.53. The standard InChI is InChI=1S/C10H18O/c1-8-4-6-10(7-5-8)9(2)11-3/h4,9-10H,5-7H2,1-3H3. The third kappa shape index (κ3) is 2.33. The molecule has 1 nitrogen and oxygen atoms in total. The molecule has 0 heterocycles. The van der Waals surface area contributed by atoms with E-state index in [4.69, 9.17) is 4.74 Å². The fourth-order valence-corrected chi connectivity index (χ4v) is 1.60. The van der Waals surface area contributed by atoms with E-state index in [1.807, 2.05) is 0 Å². The summed E-state index contributed by atoms with van der Waals surface area (Å²) >= 11 is 0. The second kappa shape index (κ2) is 3.91. The molecule has 0 radical (unpaired) electrons. The van der Waals surface area contributed by atoms with Crippen LogP contribution in [0.15, 0.2) is 11.6 Å². The number of ether oxygens (including phenoxy) is 1. The highest BCUT2D eigenvalue weighted by Crippen LogP contribution is 2.26. The molecule has 1 aliphatic rings. The first-order valence-electron chi connectivity index (χ1n) is 4.42. The molecule has 0 aromatic heterocycles. The lowest BCUT2D eigenvalue weighted by Gasteiger charge is -2.25. The summed E-state index contributed by atoms with van der Waals surface area (Å²) in [6.07, 6.45) is 6.56. The molecule has 0 amide bonds. The van der Waals surface area contributed by atoms with Crippen LogP contribution < -0.4 is 0 Å². The van der Waals surface area contributed by atoms with Crippen molar-refractivity contribution in [3.8, 4) is 0 Å². The van der Waals surface area contributed by atoms with E-state index in [1.54, 1.807) is 12.7 Å². The van der Waals surface area contributed by atoms with Gasteiger partial charge in [0.15, 0.2) is 0 Å². The summed E-state index contributed by atoms with van der Waals surface area (Å²) in [7, 11) is 1.80. The molecule has 0 fully saturated rings. The van der Waals surface area contributed by atoms with Gasteiger partial charge >= 0.3 is 0 Å². The molecule has 0 aromatic rings. The molecule has 2 unspecified atom stereocenters. The average Bonchev–Trinajstić information content (AvgIpc) is 2.05. The fourth-order valence-electron chi connectivity index (χ4n) is 1.60. The second-order valence-electron chi connectivity index (χ2n) is 3.53. The van der Waals surface area contributed by atoms with E-state index >= 15 is 0 Å². The zero-order chi connectivity index (χ0) is 8.27. The molecule has 11 heavy (non-hydrogen) atoms. The Balaban J connectivity index is 2.40. The SMILES string of the molecule is COC(C)C1CC=C(C)CC1. The van der Waals surface area contributed by atoms with Crippen molar-refractivity contribution in [2.24, 2.45) is 5.92 Å². The van der Waals surface area contributed by atoms with Gasteiger partial charge in [-0.25, -0.2) is 0 Å². The summed E-state index contributed by atoms with van der Waals surface area (Å²) in [6, 6.07) is 0. The van der Waals surface area contributed by atoms with Gasteiger partial charge in [-0.15, -0.1) is 0 Å². The Labute approximate surface area is 69.4 Å². The lowest BCUT2D eigenvalue weighted by molar-refractivity contribution is 0.0624. The highest BCUT2D eigenvalue weighted by Gasteiger charge is 2.18. The predicted octanol–water partition coefficient (Wildman–Crippen LogP) is 2.77. The predicted molar refractivity (Wildman–Crippen MR) is 47.6 cm³/mol. The number of hydrogen-bond donors (Lipinski definition) is 0. The van der Waals surface area contributed by atoms with Gasteiger partial charge in [0.2, 0.25) is 0 Å². The van der Waals surface area contributed by atoms with Gasteiger partial charge in [0, 0.05) is 7.11 Å². The smallest absolute Gasteiger partial charge is 0.0574 e. The Kier molecular flexibility index (Phi) is 3.13. The van der Waals surface area contributed by atoms with Crippen molar-refractivity contribution in [1.29, 1.82) is 0 Å². The molecule has 64 valence electrons. The molecule has 1 rings (SSSR count). The molecule has 0 N–H and O–H groups in total. The van der Waals surface area contributed by atoms with E-state index in [0.717, 1.165) is 5.92 Å². The van der Waals surface area contributed by atoms with Crippen LogP contribution >= 0.6 is 0 Å². The van der Waals surface area contributed by atoms with E-state index in [9.17, 15) is 0 Å². The number of methoxy groups -OCH3 is 1. The third-order valence-corrected chi connectivity index (χ3v) is 2.71. The van der Waals surface area contributed by atoms with Gasteiger partial charge in [-0.1, -0.05) is 11.6 Å². The monoisotopic (exact) mass is 154 g/mol. The van der Waals surface area contributed by atoms with Gasteiger partial charge in [-0.05, 0) is 39.0 Å². The van der Waals surface area contributed by atoms with Crippen LogP contribution in [0.1, 0.15) is 33.1 Å². The van der Waals surface area contributed by atoms with Gasteiger partial charge in [0.05, 0.1) is 6.10 Å². The van der Waals surface area contributed by atoms with Crippen molar-refractivity contribution in [2.45, 2.75) is 39.2 Å². The maximum atomic E-state index is 5.30. The highest BCUT2D eigenvalue weighted by molar-refractivity contribution is 5.03. The summed E-state index contributed by atoms with van der Waals surface area (Å²) in [5, 5.41) is 0. The average molecular weight is 154 g/mol. The van der Waals surface area contributed by atoms with Crippen LogP contribution in [0.5, 0.6) is 0 Å². The van der Waals surface area contributed by atoms with E-state index in [0.29, 0.717) is 6.10 Å². The highest BCUT2D eigenvalue weighted by atomic mass is 16.5. The van der Waals surface area contributed by atoms with Gasteiger partial charge < -0.3 is 4.74 Å². The Bertz CT molecular complexity index is 149. The lowest BCUT2D eigenvalue weighted by atomic mass is 9.87. The first kappa shape index (κ1) is 8.79. The molecule has 0 aromatic carbocycles. The van der Waals surface area contributed by atoms with Crippen molar-refractivity contribution in [2.75, 3.05) is 7.11 Å². The summed E-state index contributed by atoms with van der Waals surface area (Å²) < 4.78 is 5.30. The van der Waals surface area contributed by atoms with E-state index in [1.165, 1.54) is 19.3 Å². The minimum absolute atomic E-state index is 0.430. The van der Waals surface area contributed by atoms with Crippen molar-refractivity contribution < 1.29 is 4.74 Å². The summed E-state index contributed by atoms with van der Waals surface area (Å²) in [6.45, 7) is 4.38. The number of rotatable bonds is 2. The van der Waals surface area contributed by atoms with Crippen LogP contribution in [0.25, 0.3) is 0 Å². The van der Waals surface area contributed by atoms with Crippen molar-refractivity contribution in [1.82, 2.24) is 0 Å². The molecule has 0 saturated heterocycles. The zero-order valence-electron chi connectivity index (χ0n) is 7.76. The van der Waals surface area contributed by atoms with Crippen LogP contribution in [0, 0.1) is 5.92 Å². The fraction of sp³-hybridized carbons (Fsp3) is 0.800. The van der Waals surface area contributed by atoms with E-state index < -0.39 is 0 Å². The van der Waals surface area contributed by atoms with Crippen molar-refractivity contribution in [3.63, 3.8) is 0 Å². The van der Waals surface area contributed by atoms with E-state index in [-0.39, 0.29) is 0 Å². The van der Waals surface area contributed by atoms with Gasteiger partial charge in [0.1, 0.15) is 0 Å². The Morgan fingerprint density at radius 3 is 2.82 bits per heavy atom. The quantitative estimate of drug-likeness (QED) is 0.556. The van der Waals surface area contributed by atoms with Crippen LogP contribution in [-0.4, -0.2) is 13.2 Å². The summed E-state index contributed by atoms with van der Waals surface area (Å²) in [5.41, 5.74) is 1.55. The normalized spacial score (nSPS) is 27.9. The molecule has 0 saturated carbocycles. The molecule has 1 aliphatic carbocycles. The van der Waals surface area contributed by atoms with E-state index in [2.05, 4.69) is 19.9 Å². The summed E-state index contributed by atoms with van der Waals surface area (Å²) in [4.78, 5) is 0. The minimum atomic E-state index is 0.430. The van der Waals surface area contributed by atoms with Gasteiger partial charge in [-0.2, -0.15) is 0 Å². The van der Waals surface area contributed by atoms with Crippen LogP contribution in [0.4, 0.5) is 0 Å². The molecule has 0 aliphatic heterocycles. The largest absolute Gasteiger partial charge is 0.381 e.